The van der Waals surface area contributed by atoms with Crippen LogP contribution < -0.4 is 10.6 Å². The van der Waals surface area contributed by atoms with Crippen LogP contribution in [0.1, 0.15) is 24.3 Å². The van der Waals surface area contributed by atoms with E-state index in [9.17, 15) is 12.8 Å². The summed E-state index contributed by atoms with van der Waals surface area (Å²) in [6.07, 6.45) is 0.690. The lowest BCUT2D eigenvalue weighted by Gasteiger charge is -2.16. The molecule has 0 spiro atoms. The van der Waals surface area contributed by atoms with Gasteiger partial charge in [-0.3, -0.25) is 4.99 Å². The van der Waals surface area contributed by atoms with E-state index in [0.29, 0.717) is 42.8 Å². The molecular weight excluding hydrogens is 526 g/mol. The molecule has 0 amide bonds. The maximum Gasteiger partial charge on any atom is 0.252 e. The van der Waals surface area contributed by atoms with Gasteiger partial charge in [-0.1, -0.05) is 26.0 Å². The first-order chi connectivity index (χ1) is 13.4. The minimum Gasteiger partial charge on any atom is -0.356 e. The zero-order valence-electron chi connectivity index (χ0n) is 16.8. The zero-order valence-corrected chi connectivity index (χ0v) is 20.8. The second kappa shape index (κ2) is 12.5. The summed E-state index contributed by atoms with van der Waals surface area (Å²) in [5.41, 5.74) is 0.953. The lowest BCUT2D eigenvalue weighted by Crippen LogP contribution is -2.37. The van der Waals surface area contributed by atoms with Gasteiger partial charge in [-0.05, 0) is 36.2 Å². The largest absolute Gasteiger partial charge is 0.356 e. The smallest absolute Gasteiger partial charge is 0.252 e. The molecule has 0 fully saturated rings. The van der Waals surface area contributed by atoms with E-state index in [2.05, 4.69) is 15.6 Å². The molecule has 0 atom stereocenters. The first-order valence-corrected chi connectivity index (χ1v) is 11.4. The van der Waals surface area contributed by atoms with E-state index in [-0.39, 0.29) is 29.8 Å². The molecule has 0 aliphatic carbocycles. The van der Waals surface area contributed by atoms with Crippen molar-refractivity contribution in [2.45, 2.75) is 31.0 Å². The van der Waals surface area contributed by atoms with Crippen LogP contribution in [0.25, 0.3) is 0 Å². The van der Waals surface area contributed by atoms with Crippen molar-refractivity contribution in [2.24, 2.45) is 4.99 Å². The average Bonchev–Trinajstić information content (AvgIpc) is 3.16. The number of nitrogens with zero attached hydrogens (tertiary/aromatic N) is 2. The van der Waals surface area contributed by atoms with E-state index in [1.165, 1.54) is 27.8 Å². The van der Waals surface area contributed by atoms with Crippen molar-refractivity contribution in [3.05, 3.63) is 52.7 Å². The SMILES string of the molecule is CCN(CC)S(=O)(=O)c1ccc(CCNC(=NC)NCc2ccc(F)cc2)s1.I. The predicted octanol–water partition coefficient (Wildman–Crippen LogP) is 3.44. The van der Waals surface area contributed by atoms with Crippen molar-refractivity contribution in [2.75, 3.05) is 26.7 Å². The summed E-state index contributed by atoms with van der Waals surface area (Å²) >= 11 is 1.30. The summed E-state index contributed by atoms with van der Waals surface area (Å²) in [6, 6.07) is 9.83. The van der Waals surface area contributed by atoms with Crippen LogP contribution in [-0.4, -0.2) is 45.4 Å². The molecule has 0 unspecified atom stereocenters. The normalized spacial score (nSPS) is 12.0. The standard InChI is InChI=1S/C19H27FN4O2S2.HI/c1-4-24(5-2)28(25,26)18-11-10-17(27-18)12-13-22-19(21-3)23-14-15-6-8-16(20)9-7-15;/h6-11H,4-5,12-14H2,1-3H3,(H2,21,22,23);1H. The van der Waals surface area contributed by atoms with Crippen LogP contribution in [0, 0.1) is 5.82 Å². The van der Waals surface area contributed by atoms with Crippen LogP contribution in [-0.2, 0) is 23.0 Å². The van der Waals surface area contributed by atoms with E-state index in [4.69, 9.17) is 0 Å². The highest BCUT2D eigenvalue weighted by Gasteiger charge is 2.23. The Labute approximate surface area is 193 Å². The highest BCUT2D eigenvalue weighted by atomic mass is 127. The van der Waals surface area contributed by atoms with Gasteiger partial charge in [-0.15, -0.1) is 35.3 Å². The maximum atomic E-state index is 12.9. The van der Waals surface area contributed by atoms with Crippen molar-refractivity contribution in [3.8, 4) is 0 Å². The van der Waals surface area contributed by atoms with E-state index in [1.807, 2.05) is 19.9 Å². The fraction of sp³-hybridized carbons (Fsp3) is 0.421. The van der Waals surface area contributed by atoms with Crippen molar-refractivity contribution in [1.82, 2.24) is 14.9 Å². The van der Waals surface area contributed by atoms with Crippen molar-refractivity contribution in [3.63, 3.8) is 0 Å². The molecule has 2 aromatic rings. The molecule has 1 heterocycles. The molecule has 2 N–H and O–H groups in total. The van der Waals surface area contributed by atoms with Gasteiger partial charge in [0.25, 0.3) is 10.0 Å². The third kappa shape index (κ3) is 7.50. The summed E-state index contributed by atoms with van der Waals surface area (Å²) in [7, 11) is -1.72. The number of guanidine groups is 1. The van der Waals surface area contributed by atoms with Crippen LogP contribution >= 0.6 is 35.3 Å². The number of nitrogens with one attached hydrogen (secondary N) is 2. The number of rotatable bonds is 9. The number of hydrogen-bond donors (Lipinski definition) is 2. The van der Waals surface area contributed by atoms with Crippen LogP contribution in [0.2, 0.25) is 0 Å². The topological polar surface area (TPSA) is 73.8 Å². The van der Waals surface area contributed by atoms with Gasteiger partial charge in [-0.25, -0.2) is 12.8 Å². The molecule has 0 aliphatic heterocycles. The minimum atomic E-state index is -3.40. The third-order valence-corrected chi connectivity index (χ3v) is 7.86. The quantitative estimate of drug-likeness (QED) is 0.283. The first-order valence-electron chi connectivity index (χ1n) is 9.18. The monoisotopic (exact) mass is 554 g/mol. The fourth-order valence-corrected chi connectivity index (χ4v) is 5.60. The van der Waals surface area contributed by atoms with Crippen molar-refractivity contribution < 1.29 is 12.8 Å². The van der Waals surface area contributed by atoms with Gasteiger partial charge in [0.15, 0.2) is 5.96 Å². The van der Waals surface area contributed by atoms with Crippen molar-refractivity contribution in [1.29, 1.82) is 0 Å². The Morgan fingerprint density at radius 2 is 1.76 bits per heavy atom. The highest BCUT2D eigenvalue weighted by molar-refractivity contribution is 14.0. The molecule has 0 saturated carbocycles. The molecule has 29 heavy (non-hydrogen) atoms. The maximum absolute atomic E-state index is 12.9. The second-order valence-corrected chi connectivity index (χ2v) is 9.37. The molecule has 1 aromatic heterocycles. The van der Waals surface area contributed by atoms with E-state index < -0.39 is 10.0 Å². The van der Waals surface area contributed by atoms with Crippen LogP contribution in [0.4, 0.5) is 4.39 Å². The summed E-state index contributed by atoms with van der Waals surface area (Å²) < 4.78 is 39.9. The van der Waals surface area contributed by atoms with Crippen molar-refractivity contribution >= 4 is 51.3 Å². The molecule has 0 aliphatic rings. The molecule has 162 valence electrons. The van der Waals surface area contributed by atoms with E-state index in [1.54, 1.807) is 25.2 Å². The molecule has 0 bridgehead atoms. The molecule has 2 rings (SSSR count). The molecule has 6 nitrogen and oxygen atoms in total. The summed E-state index contributed by atoms with van der Waals surface area (Å²) in [4.78, 5) is 5.16. The van der Waals surface area contributed by atoms with Gasteiger partial charge >= 0.3 is 0 Å². The number of sulfonamides is 1. The average molecular weight is 554 g/mol. The zero-order chi connectivity index (χ0) is 20.6. The number of aliphatic imine (C=N–C) groups is 1. The first kappa shape index (κ1) is 25.8. The minimum absolute atomic E-state index is 0. The Bertz CT molecular complexity index is 882. The lowest BCUT2D eigenvalue weighted by atomic mass is 10.2. The molecule has 0 saturated heterocycles. The van der Waals surface area contributed by atoms with Crippen LogP contribution in [0.15, 0.2) is 45.6 Å². The van der Waals surface area contributed by atoms with Crippen LogP contribution in [0.5, 0.6) is 0 Å². The fourth-order valence-electron chi connectivity index (χ4n) is 2.63. The lowest BCUT2D eigenvalue weighted by molar-refractivity contribution is 0.447. The van der Waals surface area contributed by atoms with Crippen LogP contribution in [0.3, 0.4) is 0 Å². The number of hydrogen-bond acceptors (Lipinski definition) is 4. The van der Waals surface area contributed by atoms with E-state index >= 15 is 0 Å². The van der Waals surface area contributed by atoms with Gasteiger partial charge in [0, 0.05) is 38.1 Å². The predicted molar refractivity (Wildman–Crippen MR) is 128 cm³/mol. The summed E-state index contributed by atoms with van der Waals surface area (Å²) in [5, 5.41) is 6.37. The van der Waals surface area contributed by atoms with Gasteiger partial charge < -0.3 is 10.6 Å². The third-order valence-electron chi connectivity index (χ3n) is 4.20. The highest BCUT2D eigenvalue weighted by Crippen LogP contribution is 2.25. The van der Waals surface area contributed by atoms with Gasteiger partial charge in [0.05, 0.1) is 0 Å². The number of benzene rings is 1. The molecule has 1 aromatic carbocycles. The second-order valence-electron chi connectivity index (χ2n) is 6.04. The molecule has 0 radical (unpaired) electrons. The van der Waals surface area contributed by atoms with E-state index in [0.717, 1.165) is 10.4 Å². The molecule has 10 heteroatoms. The number of thiophene rings is 1. The van der Waals surface area contributed by atoms with Gasteiger partial charge in [0.1, 0.15) is 10.0 Å². The Morgan fingerprint density at radius 1 is 1.10 bits per heavy atom. The summed E-state index contributed by atoms with van der Waals surface area (Å²) in [6.45, 7) is 5.75. The Kier molecular flexibility index (Phi) is 11.1. The Balaban J connectivity index is 0.00000420. The molecular formula is C19H28FIN4O2S2. The summed E-state index contributed by atoms with van der Waals surface area (Å²) in [5.74, 6) is 0.376. The van der Waals surface area contributed by atoms with Gasteiger partial charge in [-0.2, -0.15) is 4.31 Å². The Morgan fingerprint density at radius 3 is 2.34 bits per heavy atom. The van der Waals surface area contributed by atoms with Gasteiger partial charge in [0.2, 0.25) is 0 Å². The number of halogens is 2. The Hall–Kier alpha value is -1.24.